The minimum atomic E-state index is -0.105. The Hall–Kier alpha value is -0.540. The molecule has 2 rings (SSSR count). The van der Waals surface area contributed by atoms with Gasteiger partial charge in [0.05, 0.1) is 19.5 Å². The first-order chi connectivity index (χ1) is 7.40. The highest BCUT2D eigenvalue weighted by Gasteiger charge is 2.29. The highest BCUT2D eigenvalue weighted by atomic mass is 16.7. The molecule has 2 atom stereocenters. The van der Waals surface area contributed by atoms with Crippen molar-refractivity contribution in [2.75, 3.05) is 13.2 Å². The molecule has 2 aliphatic rings. The molecule has 0 aromatic carbocycles. The molecule has 0 amide bonds. The van der Waals surface area contributed by atoms with Crippen LogP contribution in [0, 0.1) is 5.92 Å². The minimum absolute atomic E-state index is 0.105. The number of rotatable bonds is 6. The summed E-state index contributed by atoms with van der Waals surface area (Å²) in [6.07, 6.45) is 8.07. The lowest BCUT2D eigenvalue weighted by atomic mass is 9.89. The quantitative estimate of drug-likeness (QED) is 0.385. The molecule has 3 heteroatoms. The Morgan fingerprint density at radius 3 is 2.67 bits per heavy atom. The van der Waals surface area contributed by atoms with Gasteiger partial charge in [-0.2, -0.15) is 0 Å². The second kappa shape index (κ2) is 5.52. The molecule has 3 nitrogen and oxygen atoms in total. The molecule has 2 fully saturated rings. The molecule has 86 valence electrons. The Morgan fingerprint density at radius 2 is 2.07 bits per heavy atom. The summed E-state index contributed by atoms with van der Waals surface area (Å²) in [6.45, 7) is 5.11. The molecule has 0 bridgehead atoms. The van der Waals surface area contributed by atoms with Crippen molar-refractivity contribution in [3.05, 3.63) is 12.8 Å². The van der Waals surface area contributed by atoms with Gasteiger partial charge in [0.1, 0.15) is 6.10 Å². The van der Waals surface area contributed by atoms with Crippen LogP contribution in [0.5, 0.6) is 0 Å². The Kier molecular flexibility index (Phi) is 4.03. The van der Waals surface area contributed by atoms with E-state index in [0.717, 1.165) is 6.61 Å². The highest BCUT2D eigenvalue weighted by Crippen LogP contribution is 2.29. The molecule has 1 aliphatic heterocycles. The lowest BCUT2D eigenvalue weighted by molar-refractivity contribution is -0.148. The average molecular weight is 212 g/mol. The summed E-state index contributed by atoms with van der Waals surface area (Å²) in [5.74, 6) is 0.537. The normalized spacial score (nSPS) is 28.4. The Bertz CT molecular complexity index is 195. The van der Waals surface area contributed by atoms with Crippen LogP contribution in [-0.4, -0.2) is 25.6 Å². The van der Waals surface area contributed by atoms with E-state index in [2.05, 4.69) is 6.58 Å². The van der Waals surface area contributed by atoms with Gasteiger partial charge in [0, 0.05) is 5.92 Å². The zero-order valence-electron chi connectivity index (χ0n) is 9.19. The second-order valence-corrected chi connectivity index (χ2v) is 4.36. The molecule has 1 aliphatic carbocycles. The van der Waals surface area contributed by atoms with Crippen LogP contribution in [0.25, 0.3) is 0 Å². The number of hydrogen-bond acceptors (Lipinski definition) is 3. The molecule has 0 radical (unpaired) electrons. The lowest BCUT2D eigenvalue weighted by Crippen LogP contribution is -2.28. The Balaban J connectivity index is 1.76. The van der Waals surface area contributed by atoms with E-state index in [1.54, 1.807) is 0 Å². The molecule has 0 aromatic rings. The third-order valence-electron chi connectivity index (χ3n) is 3.11. The maximum atomic E-state index is 5.73. The van der Waals surface area contributed by atoms with Crippen molar-refractivity contribution in [3.8, 4) is 0 Å². The Labute approximate surface area is 91.4 Å². The summed E-state index contributed by atoms with van der Waals surface area (Å²) in [5.41, 5.74) is 0. The number of epoxide rings is 1. The van der Waals surface area contributed by atoms with E-state index in [-0.39, 0.29) is 6.29 Å². The van der Waals surface area contributed by atoms with Gasteiger partial charge in [-0.25, -0.2) is 0 Å². The fourth-order valence-electron chi connectivity index (χ4n) is 2.15. The predicted molar refractivity (Wildman–Crippen MR) is 57.3 cm³/mol. The molecular formula is C12H20O3. The van der Waals surface area contributed by atoms with Crippen LogP contribution in [0.15, 0.2) is 12.8 Å². The van der Waals surface area contributed by atoms with Gasteiger partial charge in [0.2, 0.25) is 6.29 Å². The van der Waals surface area contributed by atoms with Crippen molar-refractivity contribution in [2.24, 2.45) is 5.92 Å². The summed E-state index contributed by atoms with van der Waals surface area (Å²) in [6, 6.07) is 0. The number of hydrogen-bond donors (Lipinski definition) is 0. The first-order valence-corrected chi connectivity index (χ1v) is 5.89. The summed E-state index contributed by atoms with van der Waals surface area (Å²) in [7, 11) is 0. The third-order valence-corrected chi connectivity index (χ3v) is 3.11. The van der Waals surface area contributed by atoms with Gasteiger partial charge in [0.15, 0.2) is 0 Å². The summed E-state index contributed by atoms with van der Waals surface area (Å²) in [5, 5.41) is 0. The SMILES string of the molecule is C=COC(OCC1CO1)C1CCCCC1. The van der Waals surface area contributed by atoms with Gasteiger partial charge < -0.3 is 14.2 Å². The fourth-order valence-corrected chi connectivity index (χ4v) is 2.15. The van der Waals surface area contributed by atoms with Gasteiger partial charge in [0.25, 0.3) is 0 Å². The third kappa shape index (κ3) is 3.50. The van der Waals surface area contributed by atoms with Gasteiger partial charge in [-0.1, -0.05) is 25.8 Å². The van der Waals surface area contributed by atoms with Crippen LogP contribution in [0.3, 0.4) is 0 Å². The fraction of sp³-hybridized carbons (Fsp3) is 0.833. The zero-order chi connectivity index (χ0) is 10.5. The van der Waals surface area contributed by atoms with Gasteiger partial charge in [-0.05, 0) is 12.8 Å². The van der Waals surface area contributed by atoms with Crippen LogP contribution in [0.4, 0.5) is 0 Å². The van der Waals surface area contributed by atoms with Crippen molar-refractivity contribution in [2.45, 2.75) is 44.5 Å². The van der Waals surface area contributed by atoms with Crippen molar-refractivity contribution in [3.63, 3.8) is 0 Å². The second-order valence-electron chi connectivity index (χ2n) is 4.36. The molecule has 0 aromatic heterocycles. The highest BCUT2D eigenvalue weighted by molar-refractivity contribution is 4.73. The molecular weight excluding hydrogens is 192 g/mol. The van der Waals surface area contributed by atoms with E-state index in [4.69, 9.17) is 14.2 Å². The van der Waals surface area contributed by atoms with Crippen LogP contribution in [0.1, 0.15) is 32.1 Å². The zero-order valence-corrected chi connectivity index (χ0v) is 9.19. The van der Waals surface area contributed by atoms with E-state index >= 15 is 0 Å². The molecule has 1 saturated carbocycles. The smallest absolute Gasteiger partial charge is 0.201 e. The van der Waals surface area contributed by atoms with E-state index in [1.807, 2.05) is 0 Å². The van der Waals surface area contributed by atoms with Crippen LogP contribution in [0.2, 0.25) is 0 Å². The van der Waals surface area contributed by atoms with E-state index in [9.17, 15) is 0 Å². The molecule has 0 spiro atoms. The standard InChI is InChI=1S/C12H20O3/c1-2-13-12(15-9-11-8-14-11)10-6-4-3-5-7-10/h2,10-12H,1,3-9H2. The molecule has 2 unspecified atom stereocenters. The lowest BCUT2D eigenvalue weighted by Gasteiger charge is -2.29. The van der Waals surface area contributed by atoms with E-state index in [0.29, 0.717) is 18.6 Å². The van der Waals surface area contributed by atoms with Crippen molar-refractivity contribution in [1.29, 1.82) is 0 Å². The van der Waals surface area contributed by atoms with Gasteiger partial charge in [-0.15, -0.1) is 0 Å². The minimum Gasteiger partial charge on any atom is -0.473 e. The molecule has 0 N–H and O–H groups in total. The summed E-state index contributed by atoms with van der Waals surface area (Å²) < 4.78 is 16.3. The van der Waals surface area contributed by atoms with Crippen LogP contribution >= 0.6 is 0 Å². The van der Waals surface area contributed by atoms with Crippen LogP contribution in [-0.2, 0) is 14.2 Å². The first-order valence-electron chi connectivity index (χ1n) is 5.89. The van der Waals surface area contributed by atoms with Gasteiger partial charge in [-0.3, -0.25) is 0 Å². The number of ether oxygens (including phenoxy) is 3. The predicted octanol–water partition coefficient (Wildman–Crippen LogP) is 2.47. The molecule has 15 heavy (non-hydrogen) atoms. The van der Waals surface area contributed by atoms with E-state index < -0.39 is 0 Å². The topological polar surface area (TPSA) is 31.0 Å². The largest absolute Gasteiger partial charge is 0.473 e. The first kappa shape index (κ1) is 11.0. The molecule has 1 heterocycles. The monoisotopic (exact) mass is 212 g/mol. The Morgan fingerprint density at radius 1 is 1.33 bits per heavy atom. The van der Waals surface area contributed by atoms with Crippen molar-refractivity contribution >= 4 is 0 Å². The molecule has 1 saturated heterocycles. The van der Waals surface area contributed by atoms with Crippen molar-refractivity contribution in [1.82, 2.24) is 0 Å². The summed E-state index contributed by atoms with van der Waals surface area (Å²) in [4.78, 5) is 0. The van der Waals surface area contributed by atoms with E-state index in [1.165, 1.54) is 38.4 Å². The average Bonchev–Trinajstić information content (AvgIpc) is 3.09. The summed E-state index contributed by atoms with van der Waals surface area (Å²) >= 11 is 0. The maximum Gasteiger partial charge on any atom is 0.201 e. The van der Waals surface area contributed by atoms with Crippen LogP contribution < -0.4 is 0 Å². The van der Waals surface area contributed by atoms with Crippen molar-refractivity contribution < 1.29 is 14.2 Å². The van der Waals surface area contributed by atoms with Gasteiger partial charge >= 0.3 is 0 Å². The maximum absolute atomic E-state index is 5.73.